The van der Waals surface area contributed by atoms with Crippen molar-refractivity contribution in [3.05, 3.63) is 22.7 Å². The fourth-order valence-electron chi connectivity index (χ4n) is 2.70. The summed E-state index contributed by atoms with van der Waals surface area (Å²) >= 11 is 6.05. The average molecular weight is 297 g/mol. The minimum Gasteiger partial charge on any atom is -0.495 e. The van der Waals surface area contributed by atoms with E-state index < -0.39 is 0 Å². The first-order valence-corrected chi connectivity index (χ1v) is 7.24. The summed E-state index contributed by atoms with van der Waals surface area (Å²) in [6.07, 6.45) is 4.38. The molecule has 1 aromatic carbocycles. The van der Waals surface area contributed by atoms with Gasteiger partial charge >= 0.3 is 0 Å². The summed E-state index contributed by atoms with van der Waals surface area (Å²) in [4.78, 5) is 12.2. The van der Waals surface area contributed by atoms with E-state index in [1.807, 2.05) is 13.0 Å². The molecule has 0 aliphatic heterocycles. The Labute approximate surface area is 124 Å². The molecule has 0 bridgehead atoms. The SMILES string of the molecule is COc1cc(Cl)c(C)cc1NC(=O)CC1(N)CCCC1. The third-order valence-electron chi connectivity index (χ3n) is 3.87. The van der Waals surface area contributed by atoms with Gasteiger partial charge in [-0.05, 0) is 31.4 Å². The van der Waals surface area contributed by atoms with Crippen molar-refractivity contribution in [2.24, 2.45) is 5.73 Å². The van der Waals surface area contributed by atoms with Crippen LogP contribution >= 0.6 is 11.6 Å². The summed E-state index contributed by atoms with van der Waals surface area (Å²) in [5.74, 6) is 0.487. The number of amides is 1. The van der Waals surface area contributed by atoms with Crippen LogP contribution in [0.5, 0.6) is 5.75 Å². The van der Waals surface area contributed by atoms with Gasteiger partial charge < -0.3 is 15.8 Å². The van der Waals surface area contributed by atoms with Gasteiger partial charge in [0.25, 0.3) is 0 Å². The molecule has 5 heteroatoms. The number of carbonyl (C=O) groups excluding carboxylic acids is 1. The molecule has 4 nitrogen and oxygen atoms in total. The molecule has 0 unspecified atom stereocenters. The molecular formula is C15H21ClN2O2. The van der Waals surface area contributed by atoms with Crippen LogP contribution in [0, 0.1) is 6.92 Å². The Bertz CT molecular complexity index is 511. The molecule has 0 radical (unpaired) electrons. The number of halogens is 1. The Balaban J connectivity index is 2.09. The minimum atomic E-state index is -0.348. The molecule has 1 saturated carbocycles. The number of aryl methyl sites for hydroxylation is 1. The highest BCUT2D eigenvalue weighted by Gasteiger charge is 2.31. The third kappa shape index (κ3) is 3.44. The van der Waals surface area contributed by atoms with Crippen LogP contribution in [-0.4, -0.2) is 18.6 Å². The zero-order chi connectivity index (χ0) is 14.8. The number of nitrogens with one attached hydrogen (secondary N) is 1. The van der Waals surface area contributed by atoms with Crippen LogP contribution in [-0.2, 0) is 4.79 Å². The van der Waals surface area contributed by atoms with E-state index in [4.69, 9.17) is 22.1 Å². The monoisotopic (exact) mass is 296 g/mol. The predicted molar refractivity (Wildman–Crippen MR) is 81.4 cm³/mol. The summed E-state index contributed by atoms with van der Waals surface area (Å²) in [6.45, 7) is 1.89. The van der Waals surface area contributed by atoms with Crippen molar-refractivity contribution in [2.75, 3.05) is 12.4 Å². The topological polar surface area (TPSA) is 64.3 Å². The lowest BCUT2D eigenvalue weighted by Gasteiger charge is -2.23. The normalized spacial score (nSPS) is 17.0. The summed E-state index contributed by atoms with van der Waals surface area (Å²) < 4.78 is 5.25. The first-order chi connectivity index (χ1) is 9.43. The van der Waals surface area contributed by atoms with Gasteiger partial charge in [0.05, 0.1) is 12.8 Å². The number of hydrogen-bond acceptors (Lipinski definition) is 3. The fraction of sp³-hybridized carbons (Fsp3) is 0.533. The molecular weight excluding hydrogens is 276 g/mol. The molecule has 20 heavy (non-hydrogen) atoms. The smallest absolute Gasteiger partial charge is 0.226 e. The first-order valence-electron chi connectivity index (χ1n) is 6.86. The molecule has 0 heterocycles. The highest BCUT2D eigenvalue weighted by atomic mass is 35.5. The van der Waals surface area contributed by atoms with Gasteiger partial charge in [-0.25, -0.2) is 0 Å². The Morgan fingerprint density at radius 3 is 2.70 bits per heavy atom. The van der Waals surface area contributed by atoms with Gasteiger partial charge in [-0.1, -0.05) is 24.4 Å². The maximum Gasteiger partial charge on any atom is 0.226 e. The van der Waals surface area contributed by atoms with Crippen molar-refractivity contribution >= 4 is 23.2 Å². The third-order valence-corrected chi connectivity index (χ3v) is 4.27. The second kappa shape index (κ2) is 6.02. The Kier molecular flexibility index (Phi) is 4.55. The average Bonchev–Trinajstić information content (AvgIpc) is 2.79. The highest BCUT2D eigenvalue weighted by Crippen LogP contribution is 2.33. The molecule has 0 spiro atoms. The van der Waals surface area contributed by atoms with Crippen LogP contribution in [0.15, 0.2) is 12.1 Å². The summed E-state index contributed by atoms with van der Waals surface area (Å²) in [7, 11) is 1.55. The van der Waals surface area contributed by atoms with E-state index in [-0.39, 0.29) is 11.4 Å². The molecule has 1 aliphatic rings. The van der Waals surface area contributed by atoms with Crippen molar-refractivity contribution in [1.82, 2.24) is 0 Å². The van der Waals surface area contributed by atoms with Gasteiger partial charge in [0.2, 0.25) is 5.91 Å². The van der Waals surface area contributed by atoms with Crippen LogP contribution in [0.3, 0.4) is 0 Å². The van der Waals surface area contributed by atoms with Crippen molar-refractivity contribution in [3.63, 3.8) is 0 Å². The largest absolute Gasteiger partial charge is 0.495 e. The van der Waals surface area contributed by atoms with Gasteiger partial charge in [-0.3, -0.25) is 4.79 Å². The first kappa shape index (κ1) is 15.1. The van der Waals surface area contributed by atoms with Gasteiger partial charge in [0.15, 0.2) is 0 Å². The standard InChI is InChI=1S/C15H21ClN2O2/c1-10-7-12(13(20-2)8-11(10)16)18-14(19)9-15(17)5-3-4-6-15/h7-8H,3-6,9,17H2,1-2H3,(H,18,19). The van der Waals surface area contributed by atoms with Crippen LogP contribution in [0.25, 0.3) is 0 Å². The molecule has 2 rings (SSSR count). The van der Waals surface area contributed by atoms with Gasteiger partial charge in [-0.15, -0.1) is 0 Å². The predicted octanol–water partition coefficient (Wildman–Crippen LogP) is 3.26. The number of nitrogens with two attached hydrogens (primary N) is 1. The molecule has 110 valence electrons. The van der Waals surface area contributed by atoms with Crippen molar-refractivity contribution < 1.29 is 9.53 Å². The zero-order valence-electron chi connectivity index (χ0n) is 12.0. The number of ether oxygens (including phenoxy) is 1. The van der Waals surface area contributed by atoms with Crippen LogP contribution in [0.2, 0.25) is 5.02 Å². The molecule has 3 N–H and O–H groups in total. The molecule has 1 fully saturated rings. The molecule has 0 atom stereocenters. The van der Waals surface area contributed by atoms with Crippen molar-refractivity contribution in [1.29, 1.82) is 0 Å². The van der Waals surface area contributed by atoms with Gasteiger partial charge in [0.1, 0.15) is 5.75 Å². The number of methoxy groups -OCH3 is 1. The second-order valence-corrected chi connectivity index (χ2v) is 6.00. The number of carbonyl (C=O) groups is 1. The van der Waals surface area contributed by atoms with E-state index >= 15 is 0 Å². The maximum atomic E-state index is 12.2. The lowest BCUT2D eigenvalue weighted by Crippen LogP contribution is -2.40. The Morgan fingerprint density at radius 1 is 1.45 bits per heavy atom. The van der Waals surface area contributed by atoms with E-state index in [2.05, 4.69) is 5.32 Å². The van der Waals surface area contributed by atoms with Crippen LogP contribution in [0.4, 0.5) is 5.69 Å². The highest BCUT2D eigenvalue weighted by molar-refractivity contribution is 6.31. The number of hydrogen-bond donors (Lipinski definition) is 2. The van der Waals surface area contributed by atoms with E-state index in [0.717, 1.165) is 31.2 Å². The lowest BCUT2D eigenvalue weighted by molar-refractivity contribution is -0.117. The molecule has 0 saturated heterocycles. The Morgan fingerprint density at radius 2 is 2.10 bits per heavy atom. The summed E-state index contributed by atoms with van der Waals surface area (Å²) in [5, 5.41) is 3.50. The van der Waals surface area contributed by atoms with Crippen molar-refractivity contribution in [3.8, 4) is 5.75 Å². The molecule has 1 amide bonds. The quantitative estimate of drug-likeness (QED) is 0.896. The molecule has 1 aromatic rings. The van der Waals surface area contributed by atoms with Gasteiger partial charge in [0, 0.05) is 23.0 Å². The van der Waals surface area contributed by atoms with E-state index in [9.17, 15) is 4.79 Å². The van der Waals surface area contributed by atoms with E-state index in [1.165, 1.54) is 0 Å². The van der Waals surface area contributed by atoms with E-state index in [0.29, 0.717) is 22.9 Å². The zero-order valence-corrected chi connectivity index (χ0v) is 12.7. The maximum absolute atomic E-state index is 12.2. The fourth-order valence-corrected chi connectivity index (χ4v) is 2.85. The van der Waals surface area contributed by atoms with Crippen LogP contribution in [0.1, 0.15) is 37.7 Å². The molecule has 1 aliphatic carbocycles. The second-order valence-electron chi connectivity index (χ2n) is 5.60. The summed E-state index contributed by atoms with van der Waals surface area (Å²) in [5.41, 5.74) is 7.41. The minimum absolute atomic E-state index is 0.0746. The summed E-state index contributed by atoms with van der Waals surface area (Å²) in [6, 6.07) is 3.52. The van der Waals surface area contributed by atoms with Gasteiger partial charge in [-0.2, -0.15) is 0 Å². The molecule has 0 aromatic heterocycles. The number of rotatable bonds is 4. The number of benzene rings is 1. The lowest BCUT2D eigenvalue weighted by atomic mass is 9.94. The van der Waals surface area contributed by atoms with E-state index in [1.54, 1.807) is 13.2 Å². The van der Waals surface area contributed by atoms with Crippen LogP contribution < -0.4 is 15.8 Å². The number of anilines is 1. The van der Waals surface area contributed by atoms with Crippen molar-refractivity contribution in [2.45, 2.75) is 44.6 Å². The Hall–Kier alpha value is -1.26.